The van der Waals surface area contributed by atoms with Gasteiger partial charge in [0.15, 0.2) is 5.82 Å². The third-order valence-electron chi connectivity index (χ3n) is 2.39. The maximum Gasteiger partial charge on any atom is 0.228 e. The van der Waals surface area contributed by atoms with Gasteiger partial charge in [0, 0.05) is 30.6 Å². The second-order valence-corrected chi connectivity index (χ2v) is 3.95. The van der Waals surface area contributed by atoms with E-state index in [1.54, 1.807) is 4.90 Å². The molecule has 2 rings (SSSR count). The van der Waals surface area contributed by atoms with Crippen molar-refractivity contribution in [2.45, 2.75) is 13.3 Å². The summed E-state index contributed by atoms with van der Waals surface area (Å²) in [6.45, 7) is 2.60. The fraction of sp³-hybridized carbons (Fsp3) is 0.556. The van der Waals surface area contributed by atoms with E-state index in [9.17, 15) is 4.79 Å². The maximum absolute atomic E-state index is 11.6. The molecular formula is C9H12ClN3O. The minimum atomic E-state index is 0.113. The summed E-state index contributed by atoms with van der Waals surface area (Å²) < 4.78 is 0. The number of rotatable bonds is 2. The normalized spacial score (nSPS) is 22.0. The summed E-state index contributed by atoms with van der Waals surface area (Å²) >= 11 is 5.72. The highest BCUT2D eigenvalue weighted by atomic mass is 35.5. The van der Waals surface area contributed by atoms with E-state index in [0.29, 0.717) is 24.7 Å². The smallest absolute Gasteiger partial charge is 0.228 e. The van der Waals surface area contributed by atoms with Crippen molar-refractivity contribution in [3.63, 3.8) is 0 Å². The zero-order chi connectivity index (χ0) is 10.1. The Morgan fingerprint density at radius 1 is 1.79 bits per heavy atom. The van der Waals surface area contributed by atoms with Gasteiger partial charge in [-0.05, 0) is 12.8 Å². The van der Waals surface area contributed by atoms with E-state index >= 15 is 0 Å². The molecule has 1 saturated heterocycles. The van der Waals surface area contributed by atoms with Crippen molar-refractivity contribution in [3.8, 4) is 0 Å². The van der Waals surface area contributed by atoms with Crippen LogP contribution in [0.3, 0.4) is 0 Å². The lowest BCUT2D eigenvalue weighted by molar-refractivity contribution is -0.117. The molecule has 1 amide bonds. The number of halogens is 1. The molecule has 1 aliphatic rings. The van der Waals surface area contributed by atoms with E-state index in [-0.39, 0.29) is 11.8 Å². The van der Waals surface area contributed by atoms with E-state index in [2.05, 4.69) is 10.2 Å². The van der Waals surface area contributed by atoms with Gasteiger partial charge >= 0.3 is 0 Å². The Morgan fingerprint density at radius 2 is 2.57 bits per heavy atom. The first-order chi connectivity index (χ1) is 6.70. The SMILES string of the molecule is Cc1cc(N2CC(CCl)CC2=O)n[nH]1. The average Bonchev–Trinajstić information content (AvgIpc) is 2.71. The summed E-state index contributed by atoms with van der Waals surface area (Å²) in [5.74, 6) is 1.62. The summed E-state index contributed by atoms with van der Waals surface area (Å²) in [7, 11) is 0. The Balaban J connectivity index is 2.16. The molecule has 1 unspecified atom stereocenters. The Labute approximate surface area is 87.2 Å². The predicted octanol–water partition coefficient (Wildman–Crippen LogP) is 1.31. The number of anilines is 1. The number of alkyl halides is 1. The van der Waals surface area contributed by atoms with E-state index in [1.807, 2.05) is 13.0 Å². The van der Waals surface area contributed by atoms with Gasteiger partial charge in [0.1, 0.15) is 0 Å². The first-order valence-electron chi connectivity index (χ1n) is 4.59. The molecule has 2 heterocycles. The van der Waals surface area contributed by atoms with Gasteiger partial charge in [-0.15, -0.1) is 11.6 Å². The monoisotopic (exact) mass is 213 g/mol. The number of aryl methyl sites for hydroxylation is 1. The predicted molar refractivity (Wildman–Crippen MR) is 54.5 cm³/mol. The molecule has 1 aliphatic heterocycles. The Bertz CT molecular complexity index is 350. The molecule has 76 valence electrons. The van der Waals surface area contributed by atoms with Crippen molar-refractivity contribution in [3.05, 3.63) is 11.8 Å². The average molecular weight is 214 g/mol. The molecule has 14 heavy (non-hydrogen) atoms. The molecule has 0 radical (unpaired) electrons. The van der Waals surface area contributed by atoms with Crippen LogP contribution in [-0.4, -0.2) is 28.5 Å². The molecule has 0 aromatic carbocycles. The molecule has 0 bridgehead atoms. The van der Waals surface area contributed by atoms with Crippen LogP contribution in [-0.2, 0) is 4.79 Å². The minimum Gasteiger partial charge on any atom is -0.295 e. The van der Waals surface area contributed by atoms with Crippen LogP contribution < -0.4 is 4.90 Å². The van der Waals surface area contributed by atoms with E-state index in [1.165, 1.54) is 0 Å². The number of hydrogen-bond acceptors (Lipinski definition) is 2. The second-order valence-electron chi connectivity index (χ2n) is 3.64. The van der Waals surface area contributed by atoms with Crippen LogP contribution in [0.5, 0.6) is 0 Å². The van der Waals surface area contributed by atoms with E-state index in [4.69, 9.17) is 11.6 Å². The van der Waals surface area contributed by atoms with Crippen LogP contribution in [0.25, 0.3) is 0 Å². The Kier molecular flexibility index (Phi) is 2.46. The number of hydrogen-bond donors (Lipinski definition) is 1. The number of carbonyl (C=O) groups excluding carboxylic acids is 1. The first kappa shape index (κ1) is 9.52. The lowest BCUT2D eigenvalue weighted by atomic mass is 10.1. The molecule has 0 aliphatic carbocycles. The molecule has 1 fully saturated rings. The van der Waals surface area contributed by atoms with Gasteiger partial charge in [0.2, 0.25) is 5.91 Å². The molecule has 5 heteroatoms. The number of aromatic nitrogens is 2. The molecular weight excluding hydrogens is 202 g/mol. The van der Waals surface area contributed by atoms with Crippen LogP contribution in [0, 0.1) is 12.8 Å². The fourth-order valence-corrected chi connectivity index (χ4v) is 1.85. The number of nitrogens with zero attached hydrogens (tertiary/aromatic N) is 2. The Hall–Kier alpha value is -1.03. The molecule has 0 saturated carbocycles. The van der Waals surface area contributed by atoms with Crippen molar-refractivity contribution in [1.29, 1.82) is 0 Å². The topological polar surface area (TPSA) is 49.0 Å². The van der Waals surface area contributed by atoms with Crippen molar-refractivity contribution in [2.24, 2.45) is 5.92 Å². The van der Waals surface area contributed by atoms with Gasteiger partial charge in [0.25, 0.3) is 0 Å². The summed E-state index contributed by atoms with van der Waals surface area (Å²) in [6.07, 6.45) is 0.537. The quantitative estimate of drug-likeness (QED) is 0.754. The van der Waals surface area contributed by atoms with Crippen LogP contribution >= 0.6 is 11.6 Å². The van der Waals surface area contributed by atoms with Crippen LogP contribution in [0.4, 0.5) is 5.82 Å². The molecule has 1 aromatic heterocycles. The lowest BCUT2D eigenvalue weighted by Gasteiger charge is -2.11. The number of amides is 1. The van der Waals surface area contributed by atoms with Crippen LogP contribution in [0.2, 0.25) is 0 Å². The molecule has 1 atom stereocenters. The number of nitrogens with one attached hydrogen (secondary N) is 1. The van der Waals surface area contributed by atoms with Crippen molar-refractivity contribution < 1.29 is 4.79 Å². The first-order valence-corrected chi connectivity index (χ1v) is 5.12. The van der Waals surface area contributed by atoms with E-state index < -0.39 is 0 Å². The highest BCUT2D eigenvalue weighted by molar-refractivity contribution is 6.18. The fourth-order valence-electron chi connectivity index (χ4n) is 1.65. The molecule has 1 aromatic rings. The van der Waals surface area contributed by atoms with Crippen LogP contribution in [0.15, 0.2) is 6.07 Å². The maximum atomic E-state index is 11.6. The third kappa shape index (κ3) is 1.62. The van der Waals surface area contributed by atoms with E-state index in [0.717, 1.165) is 5.69 Å². The van der Waals surface area contributed by atoms with Crippen molar-refractivity contribution in [2.75, 3.05) is 17.3 Å². The van der Waals surface area contributed by atoms with Crippen LogP contribution in [0.1, 0.15) is 12.1 Å². The van der Waals surface area contributed by atoms with Crippen molar-refractivity contribution in [1.82, 2.24) is 10.2 Å². The summed E-state index contributed by atoms with van der Waals surface area (Å²) in [5.41, 5.74) is 0.960. The largest absolute Gasteiger partial charge is 0.295 e. The number of carbonyl (C=O) groups is 1. The molecule has 1 N–H and O–H groups in total. The number of aromatic amines is 1. The molecule has 0 spiro atoms. The van der Waals surface area contributed by atoms with Gasteiger partial charge in [0.05, 0.1) is 0 Å². The van der Waals surface area contributed by atoms with Gasteiger partial charge in [-0.2, -0.15) is 5.10 Å². The highest BCUT2D eigenvalue weighted by Crippen LogP contribution is 2.24. The van der Waals surface area contributed by atoms with Crippen molar-refractivity contribution >= 4 is 23.3 Å². The van der Waals surface area contributed by atoms with Gasteiger partial charge in [-0.1, -0.05) is 0 Å². The summed E-state index contributed by atoms with van der Waals surface area (Å²) in [6, 6.07) is 1.87. The Morgan fingerprint density at radius 3 is 3.07 bits per heavy atom. The highest BCUT2D eigenvalue weighted by Gasteiger charge is 2.31. The van der Waals surface area contributed by atoms with Gasteiger partial charge < -0.3 is 0 Å². The van der Waals surface area contributed by atoms with Gasteiger partial charge in [-0.3, -0.25) is 14.8 Å². The zero-order valence-corrected chi connectivity index (χ0v) is 8.71. The molecule has 4 nitrogen and oxygen atoms in total. The third-order valence-corrected chi connectivity index (χ3v) is 2.83. The number of H-pyrrole nitrogens is 1. The summed E-state index contributed by atoms with van der Waals surface area (Å²) in [5, 5.41) is 6.88. The zero-order valence-electron chi connectivity index (χ0n) is 7.96. The standard InChI is InChI=1S/C9H12ClN3O/c1-6-2-8(12-11-6)13-5-7(4-10)3-9(13)14/h2,7H,3-5H2,1H3,(H,11,12). The van der Waals surface area contributed by atoms with Gasteiger partial charge in [-0.25, -0.2) is 0 Å². The minimum absolute atomic E-state index is 0.113. The summed E-state index contributed by atoms with van der Waals surface area (Å²) in [4.78, 5) is 13.3. The second kappa shape index (κ2) is 3.61. The lowest BCUT2D eigenvalue weighted by Crippen LogP contribution is -2.24.